The van der Waals surface area contributed by atoms with Crippen molar-refractivity contribution in [3.05, 3.63) is 5.25 Å². The van der Waals surface area contributed by atoms with Gasteiger partial charge in [-0.25, -0.2) is 8.42 Å². The summed E-state index contributed by atoms with van der Waals surface area (Å²) < 4.78 is 55.1. The molecule has 0 aromatic carbocycles. The number of sulfone groups is 1. The lowest BCUT2D eigenvalue weighted by Crippen LogP contribution is -2.23. The average Bonchev–Trinajstić information content (AvgIpc) is 2.38. The van der Waals surface area contributed by atoms with Crippen molar-refractivity contribution in [1.82, 2.24) is 0 Å². The highest BCUT2D eigenvalue weighted by Crippen LogP contribution is 2.45. The minimum Gasteiger partial charge on any atom is -0.219 e. The van der Waals surface area contributed by atoms with E-state index in [1.807, 2.05) is 0 Å². The molecule has 1 saturated carbocycles. The van der Waals surface area contributed by atoms with Gasteiger partial charge in [-0.2, -0.15) is 13.2 Å². The molecule has 1 rings (SSSR count). The third-order valence-corrected chi connectivity index (χ3v) is 2.92. The first-order chi connectivity index (χ1) is 4.36. The van der Waals surface area contributed by atoms with Gasteiger partial charge in [-0.05, 0) is 12.8 Å². The molecule has 0 N–H and O–H groups in total. The fourth-order valence-corrected chi connectivity index (χ4v) is 1.45. The topological polar surface area (TPSA) is 34.1 Å². The summed E-state index contributed by atoms with van der Waals surface area (Å²) in [7, 11) is -4.89. The molecule has 0 aromatic rings. The second kappa shape index (κ2) is 1.87. The molecule has 1 aliphatic rings. The first-order valence-corrected chi connectivity index (χ1v) is 4.00. The van der Waals surface area contributed by atoms with Crippen molar-refractivity contribution in [3.8, 4) is 0 Å². The minimum atomic E-state index is -5.08. The molecule has 0 aliphatic heterocycles. The van der Waals surface area contributed by atoms with Crippen molar-refractivity contribution in [2.75, 3.05) is 0 Å². The van der Waals surface area contributed by atoms with Crippen molar-refractivity contribution < 1.29 is 21.6 Å². The first kappa shape index (κ1) is 7.84. The van der Waals surface area contributed by atoms with Crippen molar-refractivity contribution in [1.29, 1.82) is 0 Å². The van der Waals surface area contributed by atoms with Crippen LogP contribution in [0.3, 0.4) is 0 Å². The molecule has 59 valence electrons. The quantitative estimate of drug-likeness (QED) is 0.598. The Kier molecular flexibility index (Phi) is 1.47. The van der Waals surface area contributed by atoms with Crippen LogP contribution in [0.4, 0.5) is 13.2 Å². The fraction of sp³-hybridized carbons (Fsp3) is 0.750. The minimum absolute atomic E-state index is 0.0713. The number of alkyl halides is 3. The second-order valence-electron chi connectivity index (χ2n) is 1.99. The van der Waals surface area contributed by atoms with Gasteiger partial charge in [-0.3, -0.25) is 0 Å². The highest BCUT2D eigenvalue weighted by atomic mass is 32.2. The Morgan fingerprint density at radius 3 is 1.70 bits per heavy atom. The molecule has 0 spiro atoms. The van der Waals surface area contributed by atoms with Crippen LogP contribution in [0.5, 0.6) is 0 Å². The summed E-state index contributed by atoms with van der Waals surface area (Å²) in [6.07, 6.45) is 0.143. The summed E-state index contributed by atoms with van der Waals surface area (Å²) in [6, 6.07) is 0. The van der Waals surface area contributed by atoms with Crippen molar-refractivity contribution in [3.63, 3.8) is 0 Å². The van der Waals surface area contributed by atoms with E-state index in [-0.39, 0.29) is 18.1 Å². The van der Waals surface area contributed by atoms with E-state index in [1.165, 1.54) is 0 Å². The zero-order valence-electron chi connectivity index (χ0n) is 4.77. The van der Waals surface area contributed by atoms with Gasteiger partial charge in [-0.15, -0.1) is 0 Å². The third kappa shape index (κ3) is 1.12. The van der Waals surface area contributed by atoms with Crippen molar-refractivity contribution in [2.45, 2.75) is 18.3 Å². The Morgan fingerprint density at radius 2 is 1.60 bits per heavy atom. The number of hydrogen-bond donors (Lipinski definition) is 0. The van der Waals surface area contributed by atoms with Crippen LogP contribution in [0.2, 0.25) is 0 Å². The van der Waals surface area contributed by atoms with E-state index in [0.29, 0.717) is 0 Å². The van der Waals surface area contributed by atoms with Crippen molar-refractivity contribution in [2.24, 2.45) is 0 Å². The molecular formula is C4H4F3O2S. The standard InChI is InChI=1S/C4H4F3O2S/c5-4(6,7)10(8,9)3-1-2-3/h1-2H2. The molecule has 0 heterocycles. The van der Waals surface area contributed by atoms with Crippen LogP contribution in [0.15, 0.2) is 0 Å². The maximum Gasteiger partial charge on any atom is 0.497 e. The van der Waals surface area contributed by atoms with Crippen LogP contribution in [0.1, 0.15) is 12.8 Å². The van der Waals surface area contributed by atoms with E-state index in [4.69, 9.17) is 0 Å². The predicted octanol–water partition coefficient (Wildman–Crippen LogP) is 1.25. The van der Waals surface area contributed by atoms with Crippen LogP contribution >= 0.6 is 0 Å². The molecule has 1 aliphatic carbocycles. The fourth-order valence-electron chi connectivity index (χ4n) is 0.483. The maximum absolute atomic E-state index is 11.5. The lowest BCUT2D eigenvalue weighted by molar-refractivity contribution is -0.0429. The zero-order valence-corrected chi connectivity index (χ0v) is 5.59. The zero-order chi connectivity index (χ0) is 7.99. The van der Waals surface area contributed by atoms with Gasteiger partial charge in [0, 0.05) is 0 Å². The number of hydrogen-bond acceptors (Lipinski definition) is 2. The Bertz CT molecular complexity index is 223. The Labute approximate surface area is 56.0 Å². The molecule has 0 amide bonds. The Balaban J connectivity index is 2.88. The SMILES string of the molecule is O=S(=O)([C]1CC1)C(F)(F)F. The van der Waals surface area contributed by atoms with Crippen LogP contribution in [0.25, 0.3) is 0 Å². The summed E-state index contributed by atoms with van der Waals surface area (Å²) >= 11 is 0. The normalized spacial score (nSPS) is 21.1. The third-order valence-electron chi connectivity index (χ3n) is 1.14. The second-order valence-corrected chi connectivity index (χ2v) is 4.03. The molecule has 0 saturated heterocycles. The van der Waals surface area contributed by atoms with Gasteiger partial charge in [0.05, 0.1) is 0 Å². The average molecular weight is 173 g/mol. The van der Waals surface area contributed by atoms with Gasteiger partial charge < -0.3 is 0 Å². The van der Waals surface area contributed by atoms with E-state index in [9.17, 15) is 21.6 Å². The van der Waals surface area contributed by atoms with Crippen LogP contribution in [-0.4, -0.2) is 13.9 Å². The molecule has 0 unspecified atom stereocenters. The van der Waals surface area contributed by atoms with Gasteiger partial charge in [0.1, 0.15) is 5.25 Å². The van der Waals surface area contributed by atoms with Gasteiger partial charge in [0.25, 0.3) is 9.84 Å². The van der Waals surface area contributed by atoms with Crippen LogP contribution in [-0.2, 0) is 9.84 Å². The van der Waals surface area contributed by atoms with E-state index in [1.54, 1.807) is 0 Å². The van der Waals surface area contributed by atoms with Gasteiger partial charge in [-0.1, -0.05) is 0 Å². The highest BCUT2D eigenvalue weighted by Gasteiger charge is 2.55. The summed E-state index contributed by atoms with van der Waals surface area (Å²) in [5.74, 6) is 0. The molecule has 1 fully saturated rings. The summed E-state index contributed by atoms with van der Waals surface area (Å²) in [5, 5.41) is -0.389. The predicted molar refractivity (Wildman–Crippen MR) is 27.5 cm³/mol. The molecule has 6 heteroatoms. The molecule has 0 bridgehead atoms. The maximum atomic E-state index is 11.5. The van der Waals surface area contributed by atoms with Crippen molar-refractivity contribution >= 4 is 9.84 Å². The van der Waals surface area contributed by atoms with Gasteiger partial charge in [0.15, 0.2) is 0 Å². The summed E-state index contributed by atoms with van der Waals surface area (Å²) in [6.45, 7) is 0. The lowest BCUT2D eigenvalue weighted by atomic mass is 11.0. The molecule has 2 nitrogen and oxygen atoms in total. The Morgan fingerprint density at radius 1 is 1.20 bits per heavy atom. The smallest absolute Gasteiger partial charge is 0.219 e. The van der Waals surface area contributed by atoms with E-state index < -0.39 is 15.3 Å². The lowest BCUT2D eigenvalue weighted by Gasteiger charge is -2.04. The number of rotatable bonds is 1. The monoisotopic (exact) mass is 173 g/mol. The Hall–Kier alpha value is -0.260. The molecular weight excluding hydrogens is 169 g/mol. The van der Waals surface area contributed by atoms with Gasteiger partial charge >= 0.3 is 5.51 Å². The van der Waals surface area contributed by atoms with Crippen LogP contribution in [0, 0.1) is 5.25 Å². The largest absolute Gasteiger partial charge is 0.497 e. The molecule has 10 heavy (non-hydrogen) atoms. The van der Waals surface area contributed by atoms with Crippen LogP contribution < -0.4 is 0 Å². The molecule has 1 radical (unpaired) electrons. The highest BCUT2D eigenvalue weighted by molar-refractivity contribution is 7.95. The van der Waals surface area contributed by atoms with E-state index in [0.717, 1.165) is 0 Å². The van der Waals surface area contributed by atoms with E-state index in [2.05, 4.69) is 0 Å². The number of halogens is 3. The first-order valence-electron chi connectivity index (χ1n) is 2.52. The van der Waals surface area contributed by atoms with E-state index >= 15 is 0 Å². The summed E-state index contributed by atoms with van der Waals surface area (Å²) in [4.78, 5) is 0. The molecule has 0 atom stereocenters. The summed E-state index contributed by atoms with van der Waals surface area (Å²) in [5.41, 5.74) is -5.08. The van der Waals surface area contributed by atoms with Gasteiger partial charge in [0.2, 0.25) is 0 Å². The molecule has 0 aromatic heterocycles.